The van der Waals surface area contributed by atoms with E-state index in [9.17, 15) is 0 Å². The predicted octanol–water partition coefficient (Wildman–Crippen LogP) is 2.28. The Morgan fingerprint density at radius 3 is 2.87 bits per heavy atom. The topological polar surface area (TPSA) is 47.3 Å². The SMILES string of the molecule is CCCNc1ccc(N)cc1CCOC. The summed E-state index contributed by atoms with van der Waals surface area (Å²) in [4.78, 5) is 0. The van der Waals surface area contributed by atoms with Crippen LogP contribution in [0.25, 0.3) is 0 Å². The number of methoxy groups -OCH3 is 1. The molecular weight excluding hydrogens is 188 g/mol. The maximum Gasteiger partial charge on any atom is 0.0503 e. The van der Waals surface area contributed by atoms with Gasteiger partial charge in [-0.15, -0.1) is 0 Å². The molecule has 3 heteroatoms. The second-order valence-electron chi connectivity index (χ2n) is 3.59. The lowest BCUT2D eigenvalue weighted by Crippen LogP contribution is -2.05. The van der Waals surface area contributed by atoms with E-state index in [1.165, 1.54) is 11.3 Å². The molecule has 0 aromatic heterocycles. The summed E-state index contributed by atoms with van der Waals surface area (Å²) in [6.07, 6.45) is 2.02. The van der Waals surface area contributed by atoms with Crippen LogP contribution in [0.2, 0.25) is 0 Å². The molecule has 0 aliphatic heterocycles. The van der Waals surface area contributed by atoms with E-state index < -0.39 is 0 Å². The van der Waals surface area contributed by atoms with E-state index >= 15 is 0 Å². The molecule has 3 nitrogen and oxygen atoms in total. The number of rotatable bonds is 6. The van der Waals surface area contributed by atoms with Gasteiger partial charge in [-0.1, -0.05) is 6.92 Å². The van der Waals surface area contributed by atoms with Crippen LogP contribution in [0.15, 0.2) is 18.2 Å². The fraction of sp³-hybridized carbons (Fsp3) is 0.500. The Morgan fingerprint density at radius 2 is 2.20 bits per heavy atom. The summed E-state index contributed by atoms with van der Waals surface area (Å²) >= 11 is 0. The Labute approximate surface area is 91.6 Å². The third kappa shape index (κ3) is 3.80. The van der Waals surface area contributed by atoms with Gasteiger partial charge in [-0.05, 0) is 36.6 Å². The van der Waals surface area contributed by atoms with Crippen LogP contribution in [0, 0.1) is 0 Å². The molecule has 0 amide bonds. The van der Waals surface area contributed by atoms with Crippen molar-refractivity contribution in [2.75, 3.05) is 31.3 Å². The highest BCUT2D eigenvalue weighted by Gasteiger charge is 2.02. The number of hydrogen-bond acceptors (Lipinski definition) is 3. The highest BCUT2D eigenvalue weighted by Crippen LogP contribution is 2.19. The summed E-state index contributed by atoms with van der Waals surface area (Å²) in [6, 6.07) is 5.97. The number of nitrogens with two attached hydrogens (primary N) is 1. The summed E-state index contributed by atoms with van der Waals surface area (Å²) < 4.78 is 5.08. The average molecular weight is 208 g/mol. The van der Waals surface area contributed by atoms with Gasteiger partial charge in [0.15, 0.2) is 0 Å². The van der Waals surface area contributed by atoms with Crippen LogP contribution < -0.4 is 11.1 Å². The number of ether oxygens (including phenoxy) is 1. The Hall–Kier alpha value is -1.22. The van der Waals surface area contributed by atoms with Crippen molar-refractivity contribution in [3.05, 3.63) is 23.8 Å². The molecule has 0 radical (unpaired) electrons. The molecule has 0 aliphatic rings. The van der Waals surface area contributed by atoms with E-state index in [1.807, 2.05) is 18.2 Å². The van der Waals surface area contributed by atoms with Crippen molar-refractivity contribution in [3.63, 3.8) is 0 Å². The first-order valence-electron chi connectivity index (χ1n) is 5.39. The largest absolute Gasteiger partial charge is 0.399 e. The summed E-state index contributed by atoms with van der Waals surface area (Å²) in [5.41, 5.74) is 8.96. The van der Waals surface area contributed by atoms with Crippen LogP contribution in [0.3, 0.4) is 0 Å². The second kappa shape index (κ2) is 6.30. The number of benzene rings is 1. The molecular formula is C12H20N2O. The van der Waals surface area contributed by atoms with Gasteiger partial charge in [0.2, 0.25) is 0 Å². The van der Waals surface area contributed by atoms with Gasteiger partial charge in [0.1, 0.15) is 0 Å². The molecule has 0 saturated carbocycles. The summed E-state index contributed by atoms with van der Waals surface area (Å²) in [6.45, 7) is 3.87. The zero-order chi connectivity index (χ0) is 11.1. The Balaban J connectivity index is 2.73. The summed E-state index contributed by atoms with van der Waals surface area (Å²) in [7, 11) is 1.71. The van der Waals surface area contributed by atoms with Crippen molar-refractivity contribution in [1.29, 1.82) is 0 Å². The van der Waals surface area contributed by atoms with Gasteiger partial charge in [-0.3, -0.25) is 0 Å². The molecule has 0 spiro atoms. The van der Waals surface area contributed by atoms with Gasteiger partial charge >= 0.3 is 0 Å². The van der Waals surface area contributed by atoms with E-state index in [4.69, 9.17) is 10.5 Å². The van der Waals surface area contributed by atoms with Crippen LogP contribution in [0.1, 0.15) is 18.9 Å². The van der Waals surface area contributed by atoms with E-state index in [2.05, 4.69) is 12.2 Å². The van der Waals surface area contributed by atoms with Crippen LogP contribution in [0.4, 0.5) is 11.4 Å². The molecule has 1 aromatic carbocycles. The first-order valence-corrected chi connectivity index (χ1v) is 5.39. The first kappa shape index (κ1) is 11.9. The molecule has 0 unspecified atom stereocenters. The zero-order valence-corrected chi connectivity index (χ0v) is 9.55. The van der Waals surface area contributed by atoms with Crippen molar-refractivity contribution in [2.24, 2.45) is 0 Å². The van der Waals surface area contributed by atoms with E-state index in [-0.39, 0.29) is 0 Å². The van der Waals surface area contributed by atoms with Gasteiger partial charge in [0, 0.05) is 25.0 Å². The highest BCUT2D eigenvalue weighted by atomic mass is 16.5. The lowest BCUT2D eigenvalue weighted by molar-refractivity contribution is 0.202. The molecule has 1 rings (SSSR count). The van der Waals surface area contributed by atoms with Crippen LogP contribution in [-0.2, 0) is 11.2 Å². The first-order chi connectivity index (χ1) is 7.27. The molecule has 0 fully saturated rings. The molecule has 0 atom stereocenters. The molecule has 0 bridgehead atoms. The lowest BCUT2D eigenvalue weighted by atomic mass is 10.1. The molecule has 15 heavy (non-hydrogen) atoms. The second-order valence-corrected chi connectivity index (χ2v) is 3.59. The standard InChI is InChI=1S/C12H20N2O/c1-3-7-14-12-5-4-11(13)9-10(12)6-8-15-2/h4-5,9,14H,3,6-8,13H2,1-2H3. The van der Waals surface area contributed by atoms with Gasteiger partial charge in [0.25, 0.3) is 0 Å². The number of nitrogens with one attached hydrogen (secondary N) is 1. The molecule has 3 N–H and O–H groups in total. The molecule has 84 valence electrons. The molecule has 0 aliphatic carbocycles. The number of hydrogen-bond donors (Lipinski definition) is 2. The fourth-order valence-electron chi connectivity index (χ4n) is 1.46. The lowest BCUT2D eigenvalue weighted by Gasteiger charge is -2.12. The number of nitrogen functional groups attached to an aromatic ring is 1. The third-order valence-corrected chi connectivity index (χ3v) is 2.27. The van der Waals surface area contributed by atoms with Crippen molar-refractivity contribution < 1.29 is 4.74 Å². The fourth-order valence-corrected chi connectivity index (χ4v) is 1.46. The van der Waals surface area contributed by atoms with Gasteiger partial charge < -0.3 is 15.8 Å². The maximum absolute atomic E-state index is 5.76. The van der Waals surface area contributed by atoms with Crippen molar-refractivity contribution in [2.45, 2.75) is 19.8 Å². The van der Waals surface area contributed by atoms with Gasteiger partial charge in [0.05, 0.1) is 6.61 Å². The maximum atomic E-state index is 5.76. The minimum absolute atomic E-state index is 0.726. The van der Waals surface area contributed by atoms with Crippen LogP contribution in [-0.4, -0.2) is 20.3 Å². The van der Waals surface area contributed by atoms with Gasteiger partial charge in [-0.25, -0.2) is 0 Å². The van der Waals surface area contributed by atoms with E-state index in [1.54, 1.807) is 7.11 Å². The van der Waals surface area contributed by atoms with Crippen LogP contribution >= 0.6 is 0 Å². The van der Waals surface area contributed by atoms with Crippen molar-refractivity contribution in [1.82, 2.24) is 0 Å². The predicted molar refractivity (Wildman–Crippen MR) is 65.2 cm³/mol. The summed E-state index contributed by atoms with van der Waals surface area (Å²) in [5.74, 6) is 0. The van der Waals surface area contributed by atoms with Crippen molar-refractivity contribution >= 4 is 11.4 Å². The summed E-state index contributed by atoms with van der Waals surface area (Å²) in [5, 5.41) is 3.39. The average Bonchev–Trinajstić information content (AvgIpc) is 2.25. The minimum atomic E-state index is 0.726. The monoisotopic (exact) mass is 208 g/mol. The normalized spacial score (nSPS) is 10.3. The Bertz CT molecular complexity index is 300. The Kier molecular flexibility index (Phi) is 4.98. The van der Waals surface area contributed by atoms with Crippen molar-refractivity contribution in [3.8, 4) is 0 Å². The zero-order valence-electron chi connectivity index (χ0n) is 9.55. The van der Waals surface area contributed by atoms with Gasteiger partial charge in [-0.2, -0.15) is 0 Å². The van der Waals surface area contributed by atoms with E-state index in [0.717, 1.165) is 31.7 Å². The molecule has 0 heterocycles. The smallest absolute Gasteiger partial charge is 0.0503 e. The third-order valence-electron chi connectivity index (χ3n) is 2.27. The Morgan fingerprint density at radius 1 is 1.40 bits per heavy atom. The quantitative estimate of drug-likeness (QED) is 0.705. The number of anilines is 2. The minimum Gasteiger partial charge on any atom is -0.399 e. The molecule has 0 saturated heterocycles. The van der Waals surface area contributed by atoms with E-state index in [0.29, 0.717) is 0 Å². The molecule has 1 aromatic rings. The highest BCUT2D eigenvalue weighted by molar-refractivity contribution is 5.58. The van der Waals surface area contributed by atoms with Crippen LogP contribution in [0.5, 0.6) is 0 Å².